The van der Waals surface area contributed by atoms with E-state index in [-0.39, 0.29) is 12.2 Å². The van der Waals surface area contributed by atoms with Gasteiger partial charge in [0.2, 0.25) is 17.7 Å². The highest BCUT2D eigenvalue weighted by Gasteiger charge is 2.32. The molecule has 8 N–H and O–H groups in total. The first-order valence-corrected chi connectivity index (χ1v) is 9.87. The van der Waals surface area contributed by atoms with Crippen molar-refractivity contribution in [3.05, 3.63) is 0 Å². The number of carbonyl (C=O) groups is 6. The first-order valence-electron chi connectivity index (χ1n) is 9.24. The SMILES string of the molecule is CC(C)C(NC(=O)C(CC(=O)O)NC(=O)C(CCC(=O)O)NC(=O)C(N)CS)C(=O)O. The van der Waals surface area contributed by atoms with Gasteiger partial charge >= 0.3 is 17.9 Å². The first kappa shape index (κ1) is 28.1. The molecule has 0 aromatic carbocycles. The zero-order chi connectivity index (χ0) is 24.3. The van der Waals surface area contributed by atoms with E-state index in [9.17, 15) is 33.9 Å². The van der Waals surface area contributed by atoms with Gasteiger partial charge in [0.1, 0.15) is 18.1 Å². The summed E-state index contributed by atoms with van der Waals surface area (Å²) >= 11 is 3.85. The van der Waals surface area contributed by atoms with Gasteiger partial charge in [0.25, 0.3) is 0 Å². The molecule has 0 bridgehead atoms. The summed E-state index contributed by atoms with van der Waals surface area (Å²) in [5.41, 5.74) is 5.51. The summed E-state index contributed by atoms with van der Waals surface area (Å²) in [7, 11) is 0. The lowest BCUT2D eigenvalue weighted by molar-refractivity contribution is -0.144. The Morgan fingerprint density at radius 3 is 1.77 bits per heavy atom. The number of carboxylic acid groups (broad SMARTS) is 3. The van der Waals surface area contributed by atoms with E-state index >= 15 is 0 Å². The van der Waals surface area contributed by atoms with Crippen LogP contribution in [0.15, 0.2) is 0 Å². The summed E-state index contributed by atoms with van der Waals surface area (Å²) in [6.07, 6.45) is -1.76. The third-order valence-corrected chi connectivity index (χ3v) is 4.45. The van der Waals surface area contributed by atoms with Gasteiger partial charge < -0.3 is 37.0 Å². The van der Waals surface area contributed by atoms with E-state index in [1.807, 2.05) is 0 Å². The minimum absolute atomic E-state index is 0.0606. The number of nitrogens with two attached hydrogens (primary N) is 1. The molecule has 176 valence electrons. The number of rotatable bonds is 14. The molecule has 3 amide bonds. The van der Waals surface area contributed by atoms with Crippen LogP contribution in [-0.4, -0.2) is 80.9 Å². The van der Waals surface area contributed by atoms with Crippen molar-refractivity contribution in [1.82, 2.24) is 16.0 Å². The summed E-state index contributed by atoms with van der Waals surface area (Å²) in [6, 6.07) is -5.53. The van der Waals surface area contributed by atoms with Crippen molar-refractivity contribution in [2.24, 2.45) is 11.7 Å². The molecule has 4 unspecified atom stereocenters. The lowest BCUT2D eigenvalue weighted by Gasteiger charge is -2.25. The second-order valence-electron chi connectivity index (χ2n) is 7.01. The van der Waals surface area contributed by atoms with Crippen molar-refractivity contribution < 1.29 is 44.1 Å². The molecule has 0 aromatic rings. The minimum atomic E-state index is -1.67. The van der Waals surface area contributed by atoms with Gasteiger partial charge in [-0.1, -0.05) is 13.8 Å². The maximum atomic E-state index is 12.6. The molecule has 0 rings (SSSR count). The highest BCUT2D eigenvalue weighted by molar-refractivity contribution is 7.80. The molecular formula is C17H28N4O9S. The summed E-state index contributed by atoms with van der Waals surface area (Å²) in [4.78, 5) is 70.2. The van der Waals surface area contributed by atoms with Gasteiger partial charge in [-0.2, -0.15) is 12.6 Å². The fourth-order valence-electron chi connectivity index (χ4n) is 2.32. The molecule has 13 nitrogen and oxygen atoms in total. The molecule has 0 aliphatic carbocycles. The molecule has 0 saturated carbocycles. The van der Waals surface area contributed by atoms with E-state index < -0.39 is 78.6 Å². The smallest absolute Gasteiger partial charge is 0.326 e. The zero-order valence-electron chi connectivity index (χ0n) is 17.0. The van der Waals surface area contributed by atoms with Gasteiger partial charge in [0.05, 0.1) is 12.5 Å². The number of amides is 3. The average Bonchev–Trinajstić information content (AvgIpc) is 2.66. The lowest BCUT2D eigenvalue weighted by Crippen LogP contribution is -2.58. The molecule has 0 radical (unpaired) electrons. The van der Waals surface area contributed by atoms with Crippen molar-refractivity contribution in [2.45, 2.75) is 57.3 Å². The number of carboxylic acids is 3. The molecule has 4 atom stereocenters. The summed E-state index contributed by atoms with van der Waals surface area (Å²) in [6.45, 7) is 3.04. The van der Waals surface area contributed by atoms with Crippen molar-refractivity contribution in [1.29, 1.82) is 0 Å². The molecule has 0 saturated heterocycles. The highest BCUT2D eigenvalue weighted by Crippen LogP contribution is 2.05. The molecular weight excluding hydrogens is 436 g/mol. The van der Waals surface area contributed by atoms with Crippen molar-refractivity contribution in [2.75, 3.05) is 5.75 Å². The third-order valence-electron chi connectivity index (χ3n) is 4.06. The van der Waals surface area contributed by atoms with E-state index in [1.54, 1.807) is 0 Å². The number of nitrogens with one attached hydrogen (secondary N) is 3. The summed E-state index contributed by atoms with van der Waals surface area (Å²) in [5.74, 6) is -7.55. The molecule has 0 fully saturated rings. The number of aliphatic carboxylic acids is 3. The summed E-state index contributed by atoms with van der Waals surface area (Å²) in [5, 5.41) is 33.6. The van der Waals surface area contributed by atoms with E-state index in [1.165, 1.54) is 13.8 Å². The second-order valence-corrected chi connectivity index (χ2v) is 7.38. The van der Waals surface area contributed by atoms with Crippen LogP contribution in [0.1, 0.15) is 33.1 Å². The second kappa shape index (κ2) is 13.4. The van der Waals surface area contributed by atoms with Crippen LogP contribution in [0.5, 0.6) is 0 Å². The normalized spacial score (nSPS) is 14.6. The first-order chi connectivity index (χ1) is 14.3. The molecule has 14 heteroatoms. The fourth-order valence-corrected chi connectivity index (χ4v) is 2.49. The molecule has 0 aliphatic rings. The van der Waals surface area contributed by atoms with Crippen LogP contribution in [0, 0.1) is 5.92 Å². The Balaban J connectivity index is 5.53. The number of hydrogen-bond donors (Lipinski definition) is 8. The number of carbonyl (C=O) groups excluding carboxylic acids is 3. The fraction of sp³-hybridized carbons (Fsp3) is 0.647. The van der Waals surface area contributed by atoms with Crippen molar-refractivity contribution in [3.8, 4) is 0 Å². The number of hydrogen-bond acceptors (Lipinski definition) is 8. The number of thiol groups is 1. The van der Waals surface area contributed by atoms with Crippen molar-refractivity contribution in [3.63, 3.8) is 0 Å². The minimum Gasteiger partial charge on any atom is -0.481 e. The van der Waals surface area contributed by atoms with Gasteiger partial charge in [-0.15, -0.1) is 0 Å². The molecule has 0 heterocycles. The predicted molar refractivity (Wildman–Crippen MR) is 109 cm³/mol. The maximum Gasteiger partial charge on any atom is 0.326 e. The van der Waals surface area contributed by atoms with Gasteiger partial charge in [0, 0.05) is 12.2 Å². The van der Waals surface area contributed by atoms with Crippen molar-refractivity contribution >= 4 is 48.3 Å². The van der Waals surface area contributed by atoms with E-state index in [0.717, 1.165) is 0 Å². The molecule has 0 spiro atoms. The standard InChI is InChI=1S/C17H28N4O9S/c1-7(2)13(17(29)30)21-16(28)10(5-12(24)25)20-15(27)9(3-4-11(22)23)19-14(26)8(18)6-31/h7-10,13,31H,3-6,18H2,1-2H3,(H,19,26)(H,20,27)(H,21,28)(H,22,23)(H,24,25)(H,29,30). The summed E-state index contributed by atoms with van der Waals surface area (Å²) < 4.78 is 0. The Labute approximate surface area is 183 Å². The van der Waals surface area contributed by atoms with Crippen LogP contribution in [0.3, 0.4) is 0 Å². The van der Waals surface area contributed by atoms with Crippen LogP contribution in [0.2, 0.25) is 0 Å². The molecule has 0 aliphatic heterocycles. The third kappa shape index (κ3) is 10.6. The lowest BCUT2D eigenvalue weighted by atomic mass is 10.0. The average molecular weight is 464 g/mol. The maximum absolute atomic E-state index is 12.6. The van der Waals surface area contributed by atoms with Crippen LogP contribution in [-0.2, 0) is 28.8 Å². The Morgan fingerprint density at radius 2 is 1.35 bits per heavy atom. The quantitative estimate of drug-likeness (QED) is 0.129. The Bertz CT molecular complexity index is 701. The van der Waals surface area contributed by atoms with E-state index in [0.29, 0.717) is 0 Å². The van der Waals surface area contributed by atoms with Crippen LogP contribution in [0.4, 0.5) is 0 Å². The van der Waals surface area contributed by atoms with Gasteiger partial charge in [0.15, 0.2) is 0 Å². The topological polar surface area (TPSA) is 225 Å². The van der Waals surface area contributed by atoms with Gasteiger partial charge in [-0.3, -0.25) is 24.0 Å². The zero-order valence-corrected chi connectivity index (χ0v) is 17.9. The molecule has 0 aromatic heterocycles. The Hall–Kier alpha value is -2.87. The van der Waals surface area contributed by atoms with Gasteiger partial charge in [-0.05, 0) is 12.3 Å². The van der Waals surface area contributed by atoms with Crippen LogP contribution < -0.4 is 21.7 Å². The van der Waals surface area contributed by atoms with E-state index in [4.69, 9.17) is 15.9 Å². The Kier molecular flexibility index (Phi) is 12.2. The van der Waals surface area contributed by atoms with E-state index in [2.05, 4.69) is 28.6 Å². The Morgan fingerprint density at radius 1 is 0.839 bits per heavy atom. The molecule has 31 heavy (non-hydrogen) atoms. The van der Waals surface area contributed by atoms with Crippen LogP contribution >= 0.6 is 12.6 Å². The monoisotopic (exact) mass is 464 g/mol. The van der Waals surface area contributed by atoms with Gasteiger partial charge in [-0.25, -0.2) is 4.79 Å². The highest BCUT2D eigenvalue weighted by atomic mass is 32.1. The van der Waals surface area contributed by atoms with Crippen LogP contribution in [0.25, 0.3) is 0 Å². The largest absolute Gasteiger partial charge is 0.481 e. The predicted octanol–water partition coefficient (Wildman–Crippen LogP) is -2.22.